The molecule has 2 aromatic heterocycles. The molecule has 3 aromatic rings. The lowest BCUT2D eigenvalue weighted by Crippen LogP contribution is -2.35. The van der Waals surface area contributed by atoms with Crippen molar-refractivity contribution >= 4 is 16.9 Å². The number of nitrogens with one attached hydrogen (secondary N) is 1. The van der Waals surface area contributed by atoms with Gasteiger partial charge in [0.15, 0.2) is 5.76 Å². The second-order valence-electron chi connectivity index (χ2n) is 6.49. The van der Waals surface area contributed by atoms with Gasteiger partial charge in [0.25, 0.3) is 5.91 Å². The number of hydrogen-bond acceptors (Lipinski definition) is 3. The zero-order valence-corrected chi connectivity index (χ0v) is 14.1. The van der Waals surface area contributed by atoms with Crippen LogP contribution in [0.3, 0.4) is 0 Å². The van der Waals surface area contributed by atoms with E-state index < -0.39 is 0 Å². The third-order valence-electron chi connectivity index (χ3n) is 4.82. The monoisotopic (exact) mass is 323 g/mol. The average molecular weight is 323 g/mol. The van der Waals surface area contributed by atoms with Crippen LogP contribution in [0.1, 0.15) is 46.3 Å². The van der Waals surface area contributed by atoms with E-state index >= 15 is 0 Å². The van der Waals surface area contributed by atoms with Gasteiger partial charge in [0, 0.05) is 41.7 Å². The number of rotatable bonds is 3. The van der Waals surface area contributed by atoms with Crippen LogP contribution in [0.2, 0.25) is 0 Å². The normalized spacial score (nSPS) is 14.2. The molecule has 0 unspecified atom stereocenters. The number of aromatic amines is 1. The van der Waals surface area contributed by atoms with Crippen LogP contribution in [0.15, 0.2) is 28.8 Å². The summed E-state index contributed by atoms with van der Waals surface area (Å²) in [7, 11) is 0. The van der Waals surface area contributed by atoms with Gasteiger partial charge < -0.3 is 9.32 Å². The highest BCUT2D eigenvalue weighted by Crippen LogP contribution is 2.29. The minimum atomic E-state index is -0.0346. The first-order valence-corrected chi connectivity index (χ1v) is 8.49. The van der Waals surface area contributed by atoms with Crippen LogP contribution in [0.4, 0.5) is 0 Å². The van der Waals surface area contributed by atoms with Crippen molar-refractivity contribution in [3.63, 3.8) is 0 Å². The number of carbonyl (C=O) groups excluding carboxylic acids is 1. The minimum Gasteiger partial charge on any atom is -0.451 e. The standard InChI is InChI=1S/C19H21N3O2/c1-3-4-13-5-6-17-15(9-13)12(2)18(24-17)19(23)22-8-7-16-14(11-22)10-20-21-16/h5-6,9-10H,3-4,7-8,11H2,1-2H3,(H,20,21). The van der Waals surface area contributed by atoms with Crippen molar-refractivity contribution in [3.8, 4) is 0 Å². The third kappa shape index (κ3) is 2.40. The maximum absolute atomic E-state index is 12.9. The number of fused-ring (bicyclic) bond motifs is 2. The number of benzene rings is 1. The molecule has 0 aliphatic carbocycles. The molecular weight excluding hydrogens is 302 g/mol. The molecular formula is C19H21N3O2. The highest BCUT2D eigenvalue weighted by molar-refractivity contribution is 5.99. The number of amides is 1. The molecule has 0 saturated heterocycles. The summed E-state index contributed by atoms with van der Waals surface area (Å²) in [5.74, 6) is 0.429. The van der Waals surface area contributed by atoms with Crippen LogP contribution in [0, 0.1) is 6.92 Å². The van der Waals surface area contributed by atoms with Crippen molar-refractivity contribution < 1.29 is 9.21 Å². The Hall–Kier alpha value is -2.56. The lowest BCUT2D eigenvalue weighted by molar-refractivity contribution is 0.0703. The summed E-state index contributed by atoms with van der Waals surface area (Å²) in [6.45, 7) is 5.41. The SMILES string of the molecule is CCCc1ccc2oc(C(=O)N3CCc4[nH]ncc4C3)c(C)c2c1. The summed E-state index contributed by atoms with van der Waals surface area (Å²) >= 11 is 0. The predicted molar refractivity (Wildman–Crippen MR) is 92.0 cm³/mol. The largest absolute Gasteiger partial charge is 0.451 e. The Morgan fingerprint density at radius 3 is 3.12 bits per heavy atom. The molecule has 0 bridgehead atoms. The molecule has 1 amide bonds. The fraction of sp³-hybridized carbons (Fsp3) is 0.368. The zero-order valence-electron chi connectivity index (χ0n) is 14.1. The van der Waals surface area contributed by atoms with E-state index in [1.165, 1.54) is 5.56 Å². The van der Waals surface area contributed by atoms with Crippen LogP contribution >= 0.6 is 0 Å². The second-order valence-corrected chi connectivity index (χ2v) is 6.49. The molecule has 4 rings (SSSR count). The number of nitrogens with zero attached hydrogens (tertiary/aromatic N) is 2. The first kappa shape index (κ1) is 15.0. The Kier molecular flexibility index (Phi) is 3.63. The molecule has 5 nitrogen and oxygen atoms in total. The lowest BCUT2D eigenvalue weighted by atomic mass is 10.0. The zero-order chi connectivity index (χ0) is 16.7. The summed E-state index contributed by atoms with van der Waals surface area (Å²) in [5, 5.41) is 8.11. The van der Waals surface area contributed by atoms with E-state index in [1.807, 2.05) is 17.9 Å². The van der Waals surface area contributed by atoms with Crippen LogP contribution in [-0.2, 0) is 19.4 Å². The Labute approximate surface area is 140 Å². The van der Waals surface area contributed by atoms with E-state index in [9.17, 15) is 4.79 Å². The van der Waals surface area contributed by atoms with Gasteiger partial charge in [-0.05, 0) is 31.0 Å². The summed E-state index contributed by atoms with van der Waals surface area (Å²) < 4.78 is 5.90. The van der Waals surface area contributed by atoms with Gasteiger partial charge in [-0.3, -0.25) is 9.89 Å². The van der Waals surface area contributed by atoms with Gasteiger partial charge in [-0.2, -0.15) is 5.10 Å². The van der Waals surface area contributed by atoms with Crippen LogP contribution < -0.4 is 0 Å². The fourth-order valence-electron chi connectivity index (χ4n) is 3.46. The summed E-state index contributed by atoms with van der Waals surface area (Å²) in [4.78, 5) is 14.8. The van der Waals surface area contributed by atoms with Gasteiger partial charge in [-0.15, -0.1) is 0 Å². The van der Waals surface area contributed by atoms with Crippen molar-refractivity contribution in [2.45, 2.75) is 39.7 Å². The number of aromatic nitrogens is 2. The second kappa shape index (κ2) is 5.82. The molecule has 0 fully saturated rings. The first-order valence-electron chi connectivity index (χ1n) is 8.49. The molecule has 0 radical (unpaired) electrons. The fourth-order valence-corrected chi connectivity index (χ4v) is 3.46. The van der Waals surface area contributed by atoms with E-state index in [2.05, 4.69) is 29.3 Å². The highest BCUT2D eigenvalue weighted by atomic mass is 16.3. The topological polar surface area (TPSA) is 62.1 Å². The molecule has 5 heteroatoms. The van der Waals surface area contributed by atoms with E-state index in [0.29, 0.717) is 18.8 Å². The molecule has 1 aliphatic rings. The molecule has 1 aromatic carbocycles. The Bertz CT molecular complexity index is 907. The van der Waals surface area contributed by atoms with Gasteiger partial charge in [-0.25, -0.2) is 0 Å². The Morgan fingerprint density at radius 1 is 1.42 bits per heavy atom. The Balaban J connectivity index is 1.66. The molecule has 0 saturated carbocycles. The number of H-pyrrole nitrogens is 1. The maximum Gasteiger partial charge on any atom is 0.290 e. The third-order valence-corrected chi connectivity index (χ3v) is 4.82. The average Bonchev–Trinajstić information content (AvgIpc) is 3.19. The van der Waals surface area contributed by atoms with Crippen molar-refractivity contribution in [1.29, 1.82) is 0 Å². The van der Waals surface area contributed by atoms with Gasteiger partial charge in [0.2, 0.25) is 0 Å². The summed E-state index contributed by atoms with van der Waals surface area (Å²) in [6.07, 6.45) is 4.76. The molecule has 0 atom stereocenters. The maximum atomic E-state index is 12.9. The van der Waals surface area contributed by atoms with Gasteiger partial charge in [0.05, 0.1) is 6.20 Å². The molecule has 0 spiro atoms. The van der Waals surface area contributed by atoms with Crippen molar-refractivity contribution in [2.75, 3.05) is 6.54 Å². The van der Waals surface area contributed by atoms with Crippen molar-refractivity contribution in [3.05, 3.63) is 52.5 Å². The lowest BCUT2D eigenvalue weighted by Gasteiger charge is -2.25. The van der Waals surface area contributed by atoms with Gasteiger partial charge in [-0.1, -0.05) is 19.4 Å². The number of furan rings is 1. The van der Waals surface area contributed by atoms with E-state index in [4.69, 9.17) is 4.42 Å². The van der Waals surface area contributed by atoms with Crippen LogP contribution in [0.25, 0.3) is 11.0 Å². The van der Waals surface area contributed by atoms with Crippen LogP contribution in [0.5, 0.6) is 0 Å². The smallest absolute Gasteiger partial charge is 0.290 e. The number of carbonyl (C=O) groups is 1. The predicted octanol–water partition coefficient (Wildman–Crippen LogP) is 3.62. The summed E-state index contributed by atoms with van der Waals surface area (Å²) in [6, 6.07) is 6.22. The first-order chi connectivity index (χ1) is 11.7. The number of aryl methyl sites for hydroxylation is 2. The summed E-state index contributed by atoms with van der Waals surface area (Å²) in [5.41, 5.74) is 5.23. The van der Waals surface area contributed by atoms with E-state index in [0.717, 1.165) is 47.1 Å². The minimum absolute atomic E-state index is 0.0346. The van der Waals surface area contributed by atoms with E-state index in [1.54, 1.807) is 6.20 Å². The number of hydrogen-bond donors (Lipinski definition) is 1. The van der Waals surface area contributed by atoms with Crippen molar-refractivity contribution in [2.24, 2.45) is 0 Å². The molecule has 24 heavy (non-hydrogen) atoms. The Morgan fingerprint density at radius 2 is 2.29 bits per heavy atom. The molecule has 1 N–H and O–H groups in total. The molecule has 1 aliphatic heterocycles. The molecule has 3 heterocycles. The van der Waals surface area contributed by atoms with Crippen molar-refractivity contribution in [1.82, 2.24) is 15.1 Å². The van der Waals surface area contributed by atoms with Gasteiger partial charge >= 0.3 is 0 Å². The van der Waals surface area contributed by atoms with E-state index in [-0.39, 0.29) is 5.91 Å². The highest BCUT2D eigenvalue weighted by Gasteiger charge is 2.27. The quantitative estimate of drug-likeness (QED) is 0.801. The van der Waals surface area contributed by atoms with Gasteiger partial charge in [0.1, 0.15) is 5.58 Å². The molecule has 124 valence electrons. The van der Waals surface area contributed by atoms with Crippen LogP contribution in [-0.4, -0.2) is 27.5 Å².